The van der Waals surface area contributed by atoms with Crippen LogP contribution in [0.15, 0.2) is 30.8 Å². The summed E-state index contributed by atoms with van der Waals surface area (Å²) in [5.41, 5.74) is 7.89. The van der Waals surface area contributed by atoms with Gasteiger partial charge in [-0.2, -0.15) is 0 Å². The predicted molar refractivity (Wildman–Crippen MR) is 61.1 cm³/mol. The smallest absolute Gasteiger partial charge is 0.310 e. The Hall–Kier alpha value is -1.77. The SMILES string of the molecule is C=C(CC(=O)OCC)c1ccccc1N. The molecule has 1 aromatic rings. The molecule has 0 heterocycles. The molecule has 1 aromatic carbocycles. The number of anilines is 1. The first-order chi connectivity index (χ1) is 7.15. The van der Waals surface area contributed by atoms with Gasteiger partial charge in [0.25, 0.3) is 0 Å². The summed E-state index contributed by atoms with van der Waals surface area (Å²) in [6.45, 7) is 5.99. The molecule has 0 radical (unpaired) electrons. The summed E-state index contributed by atoms with van der Waals surface area (Å²) in [5.74, 6) is -0.272. The van der Waals surface area contributed by atoms with Crippen LogP contribution in [-0.4, -0.2) is 12.6 Å². The number of para-hydroxylation sites is 1. The number of ether oxygens (including phenoxy) is 1. The van der Waals surface area contributed by atoms with Crippen molar-refractivity contribution in [3.8, 4) is 0 Å². The van der Waals surface area contributed by atoms with Gasteiger partial charge in [0.05, 0.1) is 13.0 Å². The molecule has 0 saturated carbocycles. The first-order valence-corrected chi connectivity index (χ1v) is 4.83. The maximum Gasteiger partial charge on any atom is 0.310 e. The molecule has 0 aliphatic heterocycles. The molecule has 0 fully saturated rings. The van der Waals surface area contributed by atoms with Crippen LogP contribution in [-0.2, 0) is 9.53 Å². The van der Waals surface area contributed by atoms with Gasteiger partial charge in [0, 0.05) is 11.3 Å². The van der Waals surface area contributed by atoms with Crippen molar-refractivity contribution in [3.05, 3.63) is 36.4 Å². The number of benzene rings is 1. The zero-order valence-electron chi connectivity index (χ0n) is 8.82. The number of nitrogen functional groups attached to an aromatic ring is 1. The van der Waals surface area contributed by atoms with E-state index in [0.717, 1.165) is 5.56 Å². The van der Waals surface area contributed by atoms with Crippen LogP contribution in [0.2, 0.25) is 0 Å². The number of esters is 1. The fraction of sp³-hybridized carbons (Fsp3) is 0.250. The van der Waals surface area contributed by atoms with Crippen molar-refractivity contribution in [3.63, 3.8) is 0 Å². The van der Waals surface area contributed by atoms with Crippen molar-refractivity contribution in [2.45, 2.75) is 13.3 Å². The third-order valence-electron chi connectivity index (χ3n) is 2.00. The van der Waals surface area contributed by atoms with Crippen molar-refractivity contribution >= 4 is 17.2 Å². The second-order valence-electron chi connectivity index (χ2n) is 3.17. The van der Waals surface area contributed by atoms with Crippen molar-refractivity contribution in [1.29, 1.82) is 0 Å². The lowest BCUT2D eigenvalue weighted by Gasteiger charge is -2.08. The number of hydrogen-bond donors (Lipinski definition) is 1. The van der Waals surface area contributed by atoms with Crippen molar-refractivity contribution in [2.24, 2.45) is 0 Å². The fourth-order valence-electron chi connectivity index (χ4n) is 1.30. The first-order valence-electron chi connectivity index (χ1n) is 4.83. The van der Waals surface area contributed by atoms with E-state index in [0.29, 0.717) is 17.9 Å². The van der Waals surface area contributed by atoms with E-state index in [1.165, 1.54) is 0 Å². The van der Waals surface area contributed by atoms with Gasteiger partial charge >= 0.3 is 5.97 Å². The van der Waals surface area contributed by atoms with Gasteiger partial charge in [0.15, 0.2) is 0 Å². The van der Waals surface area contributed by atoms with Gasteiger partial charge in [-0.1, -0.05) is 24.8 Å². The zero-order valence-corrected chi connectivity index (χ0v) is 8.82. The minimum Gasteiger partial charge on any atom is -0.466 e. The van der Waals surface area contributed by atoms with Crippen LogP contribution >= 0.6 is 0 Å². The molecular formula is C12H15NO2. The van der Waals surface area contributed by atoms with Crippen molar-refractivity contribution in [2.75, 3.05) is 12.3 Å². The topological polar surface area (TPSA) is 52.3 Å². The normalized spacial score (nSPS) is 9.67. The zero-order chi connectivity index (χ0) is 11.3. The van der Waals surface area contributed by atoms with Crippen LogP contribution in [0.3, 0.4) is 0 Å². The Morgan fingerprint density at radius 3 is 2.73 bits per heavy atom. The standard InChI is InChI=1S/C12H15NO2/c1-3-15-12(14)8-9(2)10-6-4-5-7-11(10)13/h4-7H,2-3,8,13H2,1H3. The highest BCUT2D eigenvalue weighted by Gasteiger charge is 2.08. The maximum absolute atomic E-state index is 11.2. The lowest BCUT2D eigenvalue weighted by Crippen LogP contribution is -2.05. The first kappa shape index (κ1) is 11.3. The van der Waals surface area contributed by atoms with E-state index in [1.54, 1.807) is 13.0 Å². The lowest BCUT2D eigenvalue weighted by atomic mass is 10.0. The molecule has 80 valence electrons. The minimum absolute atomic E-state index is 0.183. The second kappa shape index (κ2) is 5.20. The van der Waals surface area contributed by atoms with Gasteiger partial charge in [0.1, 0.15) is 0 Å². The number of carbonyl (C=O) groups is 1. The molecule has 0 atom stereocenters. The van der Waals surface area contributed by atoms with Crippen molar-refractivity contribution in [1.82, 2.24) is 0 Å². The second-order valence-corrected chi connectivity index (χ2v) is 3.17. The number of carbonyl (C=O) groups excluding carboxylic acids is 1. The molecule has 1 rings (SSSR count). The summed E-state index contributed by atoms with van der Waals surface area (Å²) in [6.07, 6.45) is 0.183. The van der Waals surface area contributed by atoms with E-state index in [4.69, 9.17) is 10.5 Å². The Bertz CT molecular complexity index is 372. The molecule has 0 unspecified atom stereocenters. The Labute approximate surface area is 89.5 Å². The fourth-order valence-corrected chi connectivity index (χ4v) is 1.30. The summed E-state index contributed by atoms with van der Waals surface area (Å²) in [4.78, 5) is 11.2. The highest BCUT2D eigenvalue weighted by molar-refractivity contribution is 5.87. The number of rotatable bonds is 4. The van der Waals surface area contributed by atoms with E-state index in [2.05, 4.69) is 6.58 Å². The van der Waals surface area contributed by atoms with Gasteiger partial charge < -0.3 is 10.5 Å². The van der Waals surface area contributed by atoms with E-state index in [1.807, 2.05) is 18.2 Å². The van der Waals surface area contributed by atoms with Crippen molar-refractivity contribution < 1.29 is 9.53 Å². The molecule has 0 aromatic heterocycles. The monoisotopic (exact) mass is 205 g/mol. The van der Waals surface area contributed by atoms with Gasteiger partial charge in [0.2, 0.25) is 0 Å². The van der Waals surface area contributed by atoms with Gasteiger partial charge in [-0.3, -0.25) is 4.79 Å². The Balaban J connectivity index is 2.70. The van der Waals surface area contributed by atoms with E-state index in [-0.39, 0.29) is 12.4 Å². The van der Waals surface area contributed by atoms with E-state index < -0.39 is 0 Å². The van der Waals surface area contributed by atoms with Crippen LogP contribution in [0.1, 0.15) is 18.9 Å². The number of hydrogen-bond acceptors (Lipinski definition) is 3. The van der Waals surface area contributed by atoms with Gasteiger partial charge in [-0.15, -0.1) is 0 Å². The van der Waals surface area contributed by atoms with Crippen LogP contribution in [0.5, 0.6) is 0 Å². The third kappa shape index (κ3) is 3.13. The van der Waals surface area contributed by atoms with E-state index in [9.17, 15) is 4.79 Å². The van der Waals surface area contributed by atoms with Crippen LogP contribution in [0.25, 0.3) is 5.57 Å². The average molecular weight is 205 g/mol. The molecule has 2 N–H and O–H groups in total. The van der Waals surface area contributed by atoms with E-state index >= 15 is 0 Å². The van der Waals surface area contributed by atoms with Gasteiger partial charge in [-0.05, 0) is 18.6 Å². The molecule has 0 aliphatic rings. The summed E-state index contributed by atoms with van der Waals surface area (Å²) in [6, 6.07) is 7.33. The summed E-state index contributed by atoms with van der Waals surface area (Å²) < 4.78 is 4.83. The summed E-state index contributed by atoms with van der Waals surface area (Å²) in [5, 5.41) is 0. The lowest BCUT2D eigenvalue weighted by molar-refractivity contribution is -0.141. The minimum atomic E-state index is -0.272. The predicted octanol–water partition coefficient (Wildman–Crippen LogP) is 2.24. The van der Waals surface area contributed by atoms with Crippen LogP contribution < -0.4 is 5.73 Å². The summed E-state index contributed by atoms with van der Waals surface area (Å²) >= 11 is 0. The third-order valence-corrected chi connectivity index (χ3v) is 2.00. The molecule has 0 saturated heterocycles. The molecular weight excluding hydrogens is 190 g/mol. The molecule has 0 aliphatic carbocycles. The Kier molecular flexibility index (Phi) is 3.92. The Morgan fingerprint density at radius 2 is 2.13 bits per heavy atom. The molecule has 0 amide bonds. The average Bonchev–Trinajstić information content (AvgIpc) is 2.18. The van der Waals surface area contributed by atoms with Crippen LogP contribution in [0.4, 0.5) is 5.69 Å². The highest BCUT2D eigenvalue weighted by atomic mass is 16.5. The largest absolute Gasteiger partial charge is 0.466 e. The van der Waals surface area contributed by atoms with Crippen LogP contribution in [0, 0.1) is 0 Å². The maximum atomic E-state index is 11.2. The summed E-state index contributed by atoms with van der Waals surface area (Å²) in [7, 11) is 0. The molecule has 0 spiro atoms. The highest BCUT2D eigenvalue weighted by Crippen LogP contribution is 2.22. The molecule has 0 bridgehead atoms. The molecule has 3 heteroatoms. The number of nitrogens with two attached hydrogens (primary N) is 1. The van der Waals surface area contributed by atoms with Gasteiger partial charge in [-0.25, -0.2) is 0 Å². The molecule has 3 nitrogen and oxygen atoms in total. The molecule has 15 heavy (non-hydrogen) atoms. The quantitative estimate of drug-likeness (QED) is 0.605. The Morgan fingerprint density at radius 1 is 1.47 bits per heavy atom.